The topological polar surface area (TPSA) is 76.0 Å². The van der Waals surface area contributed by atoms with Crippen LogP contribution in [0.15, 0.2) is 30.6 Å². The standard InChI is InChI=1S/C27H29ClF2N4O2/c1-14-9-10-21(36-27(29)30)23(24(14)28)15(2)22-19-11-17(12-31-25(19)33-26(22)35)20-13-32-34(16(20)3)18-7-5-4-6-8-18/h9-13,15,18,27,35H,4-8H2,1-3H3,(H,31,33)/t15-/m1/s1. The van der Waals surface area contributed by atoms with Gasteiger partial charge in [-0.2, -0.15) is 13.9 Å². The number of hydrogen-bond acceptors (Lipinski definition) is 4. The predicted molar refractivity (Wildman–Crippen MR) is 136 cm³/mol. The SMILES string of the molecule is Cc1ccc(OC(F)F)c([C@H](C)c2c(O)[nH]c3ncc(-c4cnn(C5CCCCC5)c4C)cc23)c1Cl. The van der Waals surface area contributed by atoms with Gasteiger partial charge in [-0.25, -0.2) is 4.98 Å². The number of H-pyrrole nitrogens is 1. The number of aryl methyl sites for hydroxylation is 1. The van der Waals surface area contributed by atoms with Gasteiger partial charge in [0.2, 0.25) is 0 Å². The second-order valence-electron chi connectivity index (χ2n) is 9.60. The first-order valence-corrected chi connectivity index (χ1v) is 12.6. The number of rotatable bonds is 6. The number of aromatic hydroxyl groups is 1. The summed E-state index contributed by atoms with van der Waals surface area (Å²) in [4.78, 5) is 7.47. The lowest BCUT2D eigenvalue weighted by molar-refractivity contribution is -0.0505. The molecule has 3 aromatic heterocycles. The number of fused-ring (bicyclic) bond motifs is 1. The minimum atomic E-state index is -3.00. The fourth-order valence-electron chi connectivity index (χ4n) is 5.49. The molecule has 3 heterocycles. The third-order valence-corrected chi connectivity index (χ3v) is 7.86. The van der Waals surface area contributed by atoms with Crippen LogP contribution in [0.1, 0.15) is 73.4 Å². The van der Waals surface area contributed by atoms with Crippen molar-refractivity contribution in [3.8, 4) is 22.8 Å². The van der Waals surface area contributed by atoms with E-state index < -0.39 is 12.5 Å². The Morgan fingerprint density at radius 3 is 2.61 bits per heavy atom. The summed E-state index contributed by atoms with van der Waals surface area (Å²) < 4.78 is 33.2. The maximum absolute atomic E-state index is 13.1. The highest BCUT2D eigenvalue weighted by atomic mass is 35.5. The number of alkyl halides is 2. The Balaban J connectivity index is 1.59. The molecule has 0 spiro atoms. The monoisotopic (exact) mass is 514 g/mol. The van der Waals surface area contributed by atoms with E-state index in [0.29, 0.717) is 33.2 Å². The van der Waals surface area contributed by atoms with Gasteiger partial charge in [0.1, 0.15) is 11.4 Å². The molecule has 5 rings (SSSR count). The molecule has 1 aliphatic carbocycles. The number of pyridine rings is 1. The van der Waals surface area contributed by atoms with Crippen LogP contribution in [-0.4, -0.2) is 31.5 Å². The summed E-state index contributed by atoms with van der Waals surface area (Å²) in [5, 5.41) is 16.5. The van der Waals surface area contributed by atoms with Crippen LogP contribution in [0.2, 0.25) is 5.02 Å². The van der Waals surface area contributed by atoms with E-state index >= 15 is 0 Å². The van der Waals surface area contributed by atoms with Gasteiger partial charge in [-0.05, 0) is 44.4 Å². The van der Waals surface area contributed by atoms with E-state index in [0.717, 1.165) is 35.2 Å². The normalized spacial score (nSPS) is 15.6. The predicted octanol–water partition coefficient (Wildman–Crippen LogP) is 7.66. The summed E-state index contributed by atoms with van der Waals surface area (Å²) in [5.74, 6) is -0.657. The van der Waals surface area contributed by atoms with E-state index in [1.165, 1.54) is 25.3 Å². The largest absolute Gasteiger partial charge is 0.494 e. The van der Waals surface area contributed by atoms with Gasteiger partial charge in [-0.3, -0.25) is 4.68 Å². The second kappa shape index (κ2) is 9.73. The van der Waals surface area contributed by atoms with Crippen LogP contribution >= 0.6 is 11.6 Å². The number of ether oxygens (including phenoxy) is 1. The Morgan fingerprint density at radius 2 is 1.89 bits per heavy atom. The maximum atomic E-state index is 13.1. The molecule has 36 heavy (non-hydrogen) atoms. The molecular formula is C27H29ClF2N4O2. The van der Waals surface area contributed by atoms with E-state index in [1.807, 2.05) is 12.3 Å². The Morgan fingerprint density at radius 1 is 1.14 bits per heavy atom. The lowest BCUT2D eigenvalue weighted by atomic mass is 9.90. The van der Waals surface area contributed by atoms with Gasteiger partial charge in [0.15, 0.2) is 5.88 Å². The van der Waals surface area contributed by atoms with Crippen molar-refractivity contribution >= 4 is 22.6 Å². The molecule has 9 heteroatoms. The van der Waals surface area contributed by atoms with Crippen molar-refractivity contribution < 1.29 is 18.6 Å². The minimum Gasteiger partial charge on any atom is -0.494 e. The van der Waals surface area contributed by atoms with Crippen LogP contribution in [0.4, 0.5) is 8.78 Å². The van der Waals surface area contributed by atoms with Gasteiger partial charge >= 0.3 is 6.61 Å². The van der Waals surface area contributed by atoms with Gasteiger partial charge in [0, 0.05) is 45.4 Å². The zero-order valence-electron chi connectivity index (χ0n) is 20.5. The fraction of sp³-hybridized carbons (Fsp3) is 0.407. The minimum absolute atomic E-state index is 0.0180. The van der Waals surface area contributed by atoms with E-state index in [-0.39, 0.29) is 11.6 Å². The molecule has 0 saturated heterocycles. The summed E-state index contributed by atoms with van der Waals surface area (Å²) in [6.45, 7) is 2.68. The molecule has 1 saturated carbocycles. The summed E-state index contributed by atoms with van der Waals surface area (Å²) in [5.41, 5.74) is 5.05. The number of nitrogens with one attached hydrogen (secondary N) is 1. The molecule has 190 valence electrons. The highest BCUT2D eigenvalue weighted by Crippen LogP contribution is 2.45. The number of halogens is 3. The number of aromatic amines is 1. The molecule has 0 bridgehead atoms. The smallest absolute Gasteiger partial charge is 0.387 e. The Hall–Kier alpha value is -3.13. The number of nitrogens with zero attached hydrogens (tertiary/aromatic N) is 3. The highest BCUT2D eigenvalue weighted by Gasteiger charge is 2.27. The Bertz CT molecular complexity index is 1410. The molecule has 0 radical (unpaired) electrons. The van der Waals surface area contributed by atoms with E-state index in [1.54, 1.807) is 26.1 Å². The van der Waals surface area contributed by atoms with Gasteiger partial charge in [0.05, 0.1) is 17.3 Å². The van der Waals surface area contributed by atoms with Gasteiger partial charge < -0.3 is 14.8 Å². The first-order chi connectivity index (χ1) is 17.3. The van der Waals surface area contributed by atoms with Crippen molar-refractivity contribution in [1.29, 1.82) is 0 Å². The van der Waals surface area contributed by atoms with Crippen LogP contribution in [0, 0.1) is 13.8 Å². The first-order valence-electron chi connectivity index (χ1n) is 12.2. The van der Waals surface area contributed by atoms with Crippen LogP contribution in [0.5, 0.6) is 11.6 Å². The third-order valence-electron chi connectivity index (χ3n) is 7.36. The van der Waals surface area contributed by atoms with E-state index in [4.69, 9.17) is 21.4 Å². The molecule has 0 aliphatic heterocycles. The molecule has 2 N–H and O–H groups in total. The quantitative estimate of drug-likeness (QED) is 0.277. The summed E-state index contributed by atoms with van der Waals surface area (Å²) >= 11 is 6.58. The highest BCUT2D eigenvalue weighted by molar-refractivity contribution is 6.32. The van der Waals surface area contributed by atoms with Crippen LogP contribution in [-0.2, 0) is 0 Å². The third kappa shape index (κ3) is 4.32. The molecule has 1 atom stereocenters. The Labute approximate surface area is 213 Å². The lowest BCUT2D eigenvalue weighted by Crippen LogP contribution is -2.15. The van der Waals surface area contributed by atoms with Crippen molar-refractivity contribution in [3.63, 3.8) is 0 Å². The zero-order chi connectivity index (χ0) is 25.6. The summed E-state index contributed by atoms with van der Waals surface area (Å²) in [6.07, 6.45) is 9.60. The Kier molecular flexibility index (Phi) is 6.64. The van der Waals surface area contributed by atoms with Gasteiger partial charge in [-0.15, -0.1) is 0 Å². The maximum Gasteiger partial charge on any atom is 0.387 e. The van der Waals surface area contributed by atoms with Crippen molar-refractivity contribution in [3.05, 3.63) is 58.0 Å². The van der Waals surface area contributed by atoms with Crippen LogP contribution < -0.4 is 4.74 Å². The van der Waals surface area contributed by atoms with Crippen molar-refractivity contribution in [2.75, 3.05) is 0 Å². The molecular weight excluding hydrogens is 486 g/mol. The number of aromatic nitrogens is 4. The molecule has 6 nitrogen and oxygen atoms in total. The summed E-state index contributed by atoms with van der Waals surface area (Å²) in [7, 11) is 0. The summed E-state index contributed by atoms with van der Waals surface area (Å²) in [6, 6.07) is 5.49. The van der Waals surface area contributed by atoms with Crippen molar-refractivity contribution in [1.82, 2.24) is 19.7 Å². The van der Waals surface area contributed by atoms with Gasteiger partial charge in [-0.1, -0.05) is 43.9 Å². The average molecular weight is 515 g/mol. The number of benzene rings is 1. The fourth-order valence-corrected chi connectivity index (χ4v) is 5.81. The first kappa shape index (κ1) is 24.6. The zero-order valence-corrected chi connectivity index (χ0v) is 21.2. The second-order valence-corrected chi connectivity index (χ2v) is 9.97. The molecule has 0 unspecified atom stereocenters. The van der Waals surface area contributed by atoms with Crippen LogP contribution in [0.3, 0.4) is 0 Å². The molecule has 0 amide bonds. The van der Waals surface area contributed by atoms with Gasteiger partial charge in [0.25, 0.3) is 0 Å². The molecule has 1 aliphatic rings. The lowest BCUT2D eigenvalue weighted by Gasteiger charge is -2.23. The van der Waals surface area contributed by atoms with E-state index in [9.17, 15) is 13.9 Å². The molecule has 4 aromatic rings. The van der Waals surface area contributed by atoms with Crippen molar-refractivity contribution in [2.45, 2.75) is 71.4 Å². The molecule has 1 aromatic carbocycles. The molecule has 1 fully saturated rings. The van der Waals surface area contributed by atoms with E-state index in [2.05, 4.69) is 21.6 Å². The van der Waals surface area contributed by atoms with Crippen LogP contribution in [0.25, 0.3) is 22.2 Å². The van der Waals surface area contributed by atoms with Crippen molar-refractivity contribution in [2.24, 2.45) is 0 Å². The average Bonchev–Trinajstić information content (AvgIpc) is 3.39. The number of hydrogen-bond donors (Lipinski definition) is 2.